The lowest BCUT2D eigenvalue weighted by molar-refractivity contribution is 0.699. The molecular weight excluding hydrogens is 184 g/mol. The summed E-state index contributed by atoms with van der Waals surface area (Å²) in [6.07, 6.45) is 2.25. The van der Waals surface area contributed by atoms with Crippen molar-refractivity contribution in [3.63, 3.8) is 0 Å². The molecule has 2 rings (SSSR count). The fourth-order valence-corrected chi connectivity index (χ4v) is 1.75. The molecule has 0 aliphatic heterocycles. The average molecular weight is 200 g/mol. The van der Waals surface area contributed by atoms with Crippen LogP contribution in [0.15, 0.2) is 36.4 Å². The highest BCUT2D eigenvalue weighted by Crippen LogP contribution is 2.18. The summed E-state index contributed by atoms with van der Waals surface area (Å²) in [5.41, 5.74) is 3.56. The first kappa shape index (κ1) is 9.97. The smallest absolute Gasteiger partial charge is 0.0925 e. The van der Waals surface area contributed by atoms with E-state index in [4.69, 9.17) is 0 Å². The van der Waals surface area contributed by atoms with E-state index in [1.54, 1.807) is 0 Å². The van der Waals surface area contributed by atoms with Crippen molar-refractivity contribution in [2.45, 2.75) is 19.8 Å². The molecule has 1 heterocycles. The summed E-state index contributed by atoms with van der Waals surface area (Å²) in [5, 5.41) is 4.52. The first-order valence-electron chi connectivity index (χ1n) is 5.39. The molecule has 0 saturated heterocycles. The van der Waals surface area contributed by atoms with Crippen molar-refractivity contribution < 1.29 is 0 Å². The molecule has 0 N–H and O–H groups in total. The zero-order chi connectivity index (χ0) is 10.7. The Kier molecular flexibility index (Phi) is 2.86. The van der Waals surface area contributed by atoms with Crippen molar-refractivity contribution in [1.29, 1.82) is 0 Å². The maximum absolute atomic E-state index is 4.52. The van der Waals surface area contributed by atoms with Gasteiger partial charge in [-0.3, -0.25) is 4.68 Å². The molecule has 0 aliphatic rings. The standard InChI is InChI=1S/C13H16N2/c1-3-7-12-10-13(14-15(12)2)11-8-5-4-6-9-11/h4-6,8-10H,3,7H2,1-2H3. The van der Waals surface area contributed by atoms with Crippen molar-refractivity contribution in [2.75, 3.05) is 0 Å². The maximum atomic E-state index is 4.52. The van der Waals surface area contributed by atoms with E-state index in [2.05, 4.69) is 30.2 Å². The van der Waals surface area contributed by atoms with E-state index in [0.29, 0.717) is 0 Å². The summed E-state index contributed by atoms with van der Waals surface area (Å²) in [6, 6.07) is 12.5. The summed E-state index contributed by atoms with van der Waals surface area (Å²) < 4.78 is 1.98. The predicted molar refractivity (Wildman–Crippen MR) is 62.6 cm³/mol. The van der Waals surface area contributed by atoms with E-state index in [-0.39, 0.29) is 0 Å². The first-order chi connectivity index (χ1) is 7.31. The van der Waals surface area contributed by atoms with E-state index in [1.165, 1.54) is 11.3 Å². The quantitative estimate of drug-likeness (QED) is 0.744. The van der Waals surface area contributed by atoms with Crippen LogP contribution in [0.3, 0.4) is 0 Å². The van der Waals surface area contributed by atoms with Gasteiger partial charge in [-0.05, 0) is 12.5 Å². The SMILES string of the molecule is CCCc1cc(-c2ccccc2)nn1C. The third-order valence-electron chi connectivity index (χ3n) is 2.55. The summed E-state index contributed by atoms with van der Waals surface area (Å²) in [5.74, 6) is 0. The molecule has 1 aromatic heterocycles. The van der Waals surface area contributed by atoms with Crippen molar-refractivity contribution in [3.8, 4) is 11.3 Å². The minimum Gasteiger partial charge on any atom is -0.272 e. The molecule has 78 valence electrons. The second kappa shape index (κ2) is 4.30. The van der Waals surface area contributed by atoms with Gasteiger partial charge in [0.15, 0.2) is 0 Å². The van der Waals surface area contributed by atoms with Crippen molar-refractivity contribution in [1.82, 2.24) is 9.78 Å². The van der Waals surface area contributed by atoms with E-state index in [9.17, 15) is 0 Å². The van der Waals surface area contributed by atoms with Crippen LogP contribution in [0.5, 0.6) is 0 Å². The van der Waals surface area contributed by atoms with Gasteiger partial charge in [-0.2, -0.15) is 5.10 Å². The highest BCUT2D eigenvalue weighted by molar-refractivity contribution is 5.59. The maximum Gasteiger partial charge on any atom is 0.0925 e. The molecule has 0 amide bonds. The third-order valence-corrected chi connectivity index (χ3v) is 2.55. The fraction of sp³-hybridized carbons (Fsp3) is 0.308. The largest absolute Gasteiger partial charge is 0.272 e. The lowest BCUT2D eigenvalue weighted by Crippen LogP contribution is -1.96. The van der Waals surface area contributed by atoms with Crippen LogP contribution in [-0.4, -0.2) is 9.78 Å². The van der Waals surface area contributed by atoms with E-state index in [1.807, 2.05) is 29.9 Å². The van der Waals surface area contributed by atoms with Gasteiger partial charge in [-0.25, -0.2) is 0 Å². The topological polar surface area (TPSA) is 17.8 Å². The number of rotatable bonds is 3. The highest BCUT2D eigenvalue weighted by Gasteiger charge is 2.05. The van der Waals surface area contributed by atoms with Gasteiger partial charge in [0, 0.05) is 18.3 Å². The Morgan fingerprint density at radius 3 is 2.60 bits per heavy atom. The molecule has 1 aromatic carbocycles. The molecule has 0 aliphatic carbocycles. The number of benzene rings is 1. The molecule has 0 radical (unpaired) electrons. The molecule has 0 unspecified atom stereocenters. The van der Waals surface area contributed by atoms with E-state index < -0.39 is 0 Å². The van der Waals surface area contributed by atoms with Crippen LogP contribution in [0.25, 0.3) is 11.3 Å². The van der Waals surface area contributed by atoms with Gasteiger partial charge in [-0.15, -0.1) is 0 Å². The zero-order valence-electron chi connectivity index (χ0n) is 9.27. The Morgan fingerprint density at radius 1 is 1.20 bits per heavy atom. The van der Waals surface area contributed by atoms with Gasteiger partial charge < -0.3 is 0 Å². The summed E-state index contributed by atoms with van der Waals surface area (Å²) in [7, 11) is 2.01. The summed E-state index contributed by atoms with van der Waals surface area (Å²) in [4.78, 5) is 0. The minimum atomic E-state index is 1.07. The molecule has 0 bridgehead atoms. The molecule has 0 saturated carbocycles. The second-order valence-electron chi connectivity index (χ2n) is 3.76. The Hall–Kier alpha value is -1.57. The third kappa shape index (κ3) is 2.09. The van der Waals surface area contributed by atoms with Crippen LogP contribution in [0.4, 0.5) is 0 Å². The van der Waals surface area contributed by atoms with Crippen molar-refractivity contribution in [3.05, 3.63) is 42.1 Å². The van der Waals surface area contributed by atoms with Crippen molar-refractivity contribution in [2.24, 2.45) is 7.05 Å². The fourth-order valence-electron chi connectivity index (χ4n) is 1.75. The van der Waals surface area contributed by atoms with Crippen LogP contribution < -0.4 is 0 Å². The van der Waals surface area contributed by atoms with Crippen LogP contribution >= 0.6 is 0 Å². The highest BCUT2D eigenvalue weighted by atomic mass is 15.3. The van der Waals surface area contributed by atoms with Crippen LogP contribution in [0.1, 0.15) is 19.0 Å². The Balaban J connectivity index is 2.34. The number of hydrogen-bond acceptors (Lipinski definition) is 1. The molecule has 0 spiro atoms. The lowest BCUT2D eigenvalue weighted by Gasteiger charge is -1.96. The number of aryl methyl sites for hydroxylation is 2. The van der Waals surface area contributed by atoms with Crippen LogP contribution in [0.2, 0.25) is 0 Å². The molecule has 0 atom stereocenters. The second-order valence-corrected chi connectivity index (χ2v) is 3.76. The van der Waals surface area contributed by atoms with Crippen molar-refractivity contribution >= 4 is 0 Å². The first-order valence-corrected chi connectivity index (χ1v) is 5.39. The van der Waals surface area contributed by atoms with Gasteiger partial charge in [0.2, 0.25) is 0 Å². The normalized spacial score (nSPS) is 10.5. The van der Waals surface area contributed by atoms with Gasteiger partial charge in [0.05, 0.1) is 5.69 Å². The van der Waals surface area contributed by atoms with Crippen LogP contribution in [0, 0.1) is 0 Å². The Bertz CT molecular complexity index is 429. The molecule has 2 heteroatoms. The monoisotopic (exact) mass is 200 g/mol. The van der Waals surface area contributed by atoms with Crippen LogP contribution in [-0.2, 0) is 13.5 Å². The van der Waals surface area contributed by atoms with E-state index in [0.717, 1.165) is 18.5 Å². The lowest BCUT2D eigenvalue weighted by atomic mass is 10.1. The molecular formula is C13H16N2. The van der Waals surface area contributed by atoms with Gasteiger partial charge in [0.25, 0.3) is 0 Å². The minimum absolute atomic E-state index is 1.07. The van der Waals surface area contributed by atoms with Gasteiger partial charge >= 0.3 is 0 Å². The number of nitrogens with zero attached hydrogens (tertiary/aromatic N) is 2. The number of aromatic nitrogens is 2. The predicted octanol–water partition coefficient (Wildman–Crippen LogP) is 3.04. The average Bonchev–Trinajstić information content (AvgIpc) is 2.63. The summed E-state index contributed by atoms with van der Waals surface area (Å²) in [6.45, 7) is 2.19. The Morgan fingerprint density at radius 2 is 1.93 bits per heavy atom. The Labute approximate surface area is 90.6 Å². The molecule has 0 fully saturated rings. The number of hydrogen-bond donors (Lipinski definition) is 0. The molecule has 2 aromatic rings. The summed E-state index contributed by atoms with van der Waals surface area (Å²) >= 11 is 0. The zero-order valence-corrected chi connectivity index (χ0v) is 9.27. The van der Waals surface area contributed by atoms with E-state index >= 15 is 0 Å². The van der Waals surface area contributed by atoms with Gasteiger partial charge in [0.1, 0.15) is 0 Å². The van der Waals surface area contributed by atoms with Gasteiger partial charge in [-0.1, -0.05) is 43.7 Å². The molecule has 2 nitrogen and oxygen atoms in total. The molecule has 15 heavy (non-hydrogen) atoms.